The number of carbonyl (C=O) groups is 1. The molecule has 0 aliphatic rings. The lowest BCUT2D eigenvalue weighted by atomic mass is 10.2. The number of carboxylic acids is 1. The van der Waals surface area contributed by atoms with Crippen molar-refractivity contribution in [1.29, 1.82) is 0 Å². The molecule has 0 aliphatic heterocycles. The highest BCUT2D eigenvalue weighted by Crippen LogP contribution is 2.36. The molecule has 0 saturated carbocycles. The van der Waals surface area contributed by atoms with Gasteiger partial charge in [0.2, 0.25) is 5.88 Å². The lowest BCUT2D eigenvalue weighted by Gasteiger charge is -2.08. The minimum absolute atomic E-state index is 0.145. The number of thiophene rings is 1. The average molecular weight is 301 g/mol. The van der Waals surface area contributed by atoms with Gasteiger partial charge in [-0.05, 0) is 31.5 Å². The van der Waals surface area contributed by atoms with Crippen LogP contribution in [-0.2, 0) is 0 Å². The highest BCUT2D eigenvalue weighted by molar-refractivity contribution is 7.18. The van der Waals surface area contributed by atoms with Crippen molar-refractivity contribution in [3.63, 3.8) is 0 Å². The number of hydrogen-bond acceptors (Lipinski definition) is 6. The van der Waals surface area contributed by atoms with Gasteiger partial charge in [0.15, 0.2) is 11.4 Å². The van der Waals surface area contributed by atoms with Crippen LogP contribution in [0.25, 0.3) is 10.2 Å². The van der Waals surface area contributed by atoms with Crippen molar-refractivity contribution in [2.45, 2.75) is 13.8 Å². The highest BCUT2D eigenvalue weighted by Gasteiger charge is 2.17. The molecular formula is C14H11N3O3S. The Kier molecular flexibility index (Phi) is 3.26. The summed E-state index contributed by atoms with van der Waals surface area (Å²) in [6.07, 6.45) is 2.82. The van der Waals surface area contributed by atoms with Crippen LogP contribution in [0.15, 0.2) is 24.7 Å². The van der Waals surface area contributed by atoms with Crippen LogP contribution in [0, 0.1) is 13.8 Å². The fourth-order valence-electron chi connectivity index (χ4n) is 1.97. The van der Waals surface area contributed by atoms with Gasteiger partial charge in [0.25, 0.3) is 0 Å². The summed E-state index contributed by atoms with van der Waals surface area (Å²) in [4.78, 5) is 25.3. The Hall–Kier alpha value is -2.54. The van der Waals surface area contributed by atoms with Crippen molar-refractivity contribution < 1.29 is 14.6 Å². The summed E-state index contributed by atoms with van der Waals surface area (Å²) in [5, 5.41) is 9.95. The molecule has 0 aliphatic carbocycles. The summed E-state index contributed by atoms with van der Waals surface area (Å²) in [6, 6.07) is 3.17. The maximum absolute atomic E-state index is 11.2. The van der Waals surface area contributed by atoms with Crippen molar-refractivity contribution in [2.75, 3.05) is 0 Å². The van der Waals surface area contributed by atoms with Crippen LogP contribution in [0.3, 0.4) is 0 Å². The number of nitrogens with zero attached hydrogens (tertiary/aromatic N) is 3. The number of ether oxygens (including phenoxy) is 1. The normalized spacial score (nSPS) is 10.8. The zero-order chi connectivity index (χ0) is 15.0. The summed E-state index contributed by atoms with van der Waals surface area (Å²) in [7, 11) is 0. The van der Waals surface area contributed by atoms with E-state index in [2.05, 4.69) is 15.0 Å². The molecule has 3 rings (SSSR count). The molecule has 1 N–H and O–H groups in total. The molecule has 0 aromatic carbocycles. The van der Waals surface area contributed by atoms with Crippen molar-refractivity contribution in [3.05, 3.63) is 40.8 Å². The van der Waals surface area contributed by atoms with E-state index in [-0.39, 0.29) is 11.4 Å². The number of aryl methyl sites for hydroxylation is 2. The first-order chi connectivity index (χ1) is 10.1. The number of rotatable bonds is 3. The van der Waals surface area contributed by atoms with Crippen LogP contribution in [0.2, 0.25) is 0 Å². The van der Waals surface area contributed by atoms with Crippen LogP contribution < -0.4 is 4.74 Å². The molecule has 3 heterocycles. The van der Waals surface area contributed by atoms with Crippen molar-refractivity contribution >= 4 is 27.5 Å². The first-order valence-electron chi connectivity index (χ1n) is 6.14. The van der Waals surface area contributed by atoms with E-state index in [4.69, 9.17) is 9.84 Å². The van der Waals surface area contributed by atoms with Gasteiger partial charge in [0, 0.05) is 11.1 Å². The summed E-state index contributed by atoms with van der Waals surface area (Å²) in [6.45, 7) is 3.96. The fraction of sp³-hybridized carbons (Fsp3) is 0.143. The van der Waals surface area contributed by atoms with Crippen molar-refractivity contribution in [2.24, 2.45) is 0 Å². The second-order valence-electron chi connectivity index (χ2n) is 4.40. The van der Waals surface area contributed by atoms with Crippen LogP contribution in [0.5, 0.6) is 11.6 Å². The number of aromatic carboxylic acids is 1. The third-order valence-electron chi connectivity index (χ3n) is 3.11. The van der Waals surface area contributed by atoms with E-state index in [1.165, 1.54) is 12.5 Å². The number of pyridine rings is 1. The number of fused-ring (bicyclic) bond motifs is 1. The molecule has 0 atom stereocenters. The van der Waals surface area contributed by atoms with Gasteiger partial charge in [-0.25, -0.2) is 19.7 Å². The van der Waals surface area contributed by atoms with E-state index in [9.17, 15) is 4.79 Å². The molecular weight excluding hydrogens is 290 g/mol. The second kappa shape index (κ2) is 5.10. The Morgan fingerprint density at radius 1 is 1.29 bits per heavy atom. The quantitative estimate of drug-likeness (QED) is 0.799. The maximum atomic E-state index is 11.2. The Labute approximate surface area is 124 Å². The molecule has 3 aromatic rings. The van der Waals surface area contributed by atoms with Gasteiger partial charge < -0.3 is 9.84 Å². The van der Waals surface area contributed by atoms with E-state index < -0.39 is 5.97 Å². The Morgan fingerprint density at radius 2 is 2.10 bits per heavy atom. The van der Waals surface area contributed by atoms with E-state index >= 15 is 0 Å². The first-order valence-corrected chi connectivity index (χ1v) is 6.96. The van der Waals surface area contributed by atoms with Crippen LogP contribution in [0.1, 0.15) is 20.9 Å². The predicted octanol–water partition coefficient (Wildman–Crippen LogP) is 3.19. The highest BCUT2D eigenvalue weighted by atomic mass is 32.1. The SMILES string of the molecule is Cc1sc2ncnc(Oc3cccnc3C(=O)O)c2c1C. The van der Waals surface area contributed by atoms with Gasteiger partial charge in [-0.3, -0.25) is 0 Å². The molecule has 0 unspecified atom stereocenters. The van der Waals surface area contributed by atoms with E-state index in [0.29, 0.717) is 5.88 Å². The zero-order valence-electron chi connectivity index (χ0n) is 11.3. The largest absolute Gasteiger partial charge is 0.476 e. The third kappa shape index (κ3) is 2.31. The van der Waals surface area contributed by atoms with E-state index in [0.717, 1.165) is 20.7 Å². The van der Waals surface area contributed by atoms with E-state index in [1.807, 2.05) is 13.8 Å². The zero-order valence-corrected chi connectivity index (χ0v) is 12.1. The fourth-order valence-corrected chi connectivity index (χ4v) is 2.95. The Morgan fingerprint density at radius 3 is 2.86 bits per heavy atom. The van der Waals surface area contributed by atoms with Crippen LogP contribution >= 0.6 is 11.3 Å². The Bertz CT molecular complexity index is 845. The standard InChI is InChI=1S/C14H11N3O3S/c1-7-8(2)21-13-10(7)12(16-6-17-13)20-9-4-3-5-15-11(9)14(18)19/h3-6H,1-2H3,(H,18,19). The maximum Gasteiger partial charge on any atom is 0.358 e. The van der Waals surface area contributed by atoms with E-state index in [1.54, 1.807) is 23.5 Å². The first kappa shape index (κ1) is 13.4. The monoisotopic (exact) mass is 301 g/mol. The van der Waals surface area contributed by atoms with Gasteiger partial charge in [0.05, 0.1) is 5.39 Å². The molecule has 0 bridgehead atoms. The van der Waals surface area contributed by atoms with Crippen LogP contribution in [-0.4, -0.2) is 26.0 Å². The molecule has 106 valence electrons. The molecule has 6 nitrogen and oxygen atoms in total. The lowest BCUT2D eigenvalue weighted by molar-refractivity contribution is 0.0687. The molecule has 0 spiro atoms. The van der Waals surface area contributed by atoms with Gasteiger partial charge in [-0.2, -0.15) is 0 Å². The van der Waals surface area contributed by atoms with Gasteiger partial charge in [-0.15, -0.1) is 11.3 Å². The summed E-state index contributed by atoms with van der Waals surface area (Å²) in [5.74, 6) is -0.639. The molecule has 0 fully saturated rings. The van der Waals surface area contributed by atoms with Crippen LogP contribution in [0.4, 0.5) is 0 Å². The lowest BCUT2D eigenvalue weighted by Crippen LogP contribution is -2.03. The smallest absolute Gasteiger partial charge is 0.358 e. The minimum Gasteiger partial charge on any atom is -0.476 e. The van der Waals surface area contributed by atoms with Gasteiger partial charge >= 0.3 is 5.97 Å². The molecule has 0 radical (unpaired) electrons. The molecule has 7 heteroatoms. The van der Waals surface area contributed by atoms with Gasteiger partial charge in [0.1, 0.15) is 11.2 Å². The summed E-state index contributed by atoms with van der Waals surface area (Å²) >= 11 is 1.55. The molecule has 0 saturated heterocycles. The molecule has 3 aromatic heterocycles. The molecule has 0 amide bonds. The third-order valence-corrected chi connectivity index (χ3v) is 4.23. The average Bonchev–Trinajstić information content (AvgIpc) is 2.75. The van der Waals surface area contributed by atoms with Gasteiger partial charge in [-0.1, -0.05) is 0 Å². The topological polar surface area (TPSA) is 85.2 Å². The summed E-state index contributed by atoms with van der Waals surface area (Å²) in [5.41, 5.74) is 0.889. The molecule has 21 heavy (non-hydrogen) atoms. The second-order valence-corrected chi connectivity index (χ2v) is 5.60. The number of carboxylic acid groups (broad SMARTS) is 1. The number of aromatic nitrogens is 3. The Balaban J connectivity index is 2.13. The van der Waals surface area contributed by atoms with Crippen molar-refractivity contribution in [3.8, 4) is 11.6 Å². The number of hydrogen-bond donors (Lipinski definition) is 1. The minimum atomic E-state index is -1.14. The predicted molar refractivity (Wildman–Crippen MR) is 78.2 cm³/mol. The summed E-state index contributed by atoms with van der Waals surface area (Å²) < 4.78 is 5.69. The van der Waals surface area contributed by atoms with Crippen molar-refractivity contribution in [1.82, 2.24) is 15.0 Å².